The molecule has 19 heavy (non-hydrogen) atoms. The molecule has 0 amide bonds. The molecule has 0 saturated heterocycles. The van der Waals surface area contributed by atoms with Crippen LogP contribution in [0.1, 0.15) is 12.6 Å². The summed E-state index contributed by atoms with van der Waals surface area (Å²) in [6, 6.07) is 0.232. The summed E-state index contributed by atoms with van der Waals surface area (Å²) in [5.41, 5.74) is 1.95. The molecule has 0 aliphatic rings. The zero-order chi connectivity index (χ0) is 13.4. The van der Waals surface area contributed by atoms with Crippen molar-refractivity contribution >= 4 is 26.8 Å². The Labute approximate surface area is 114 Å². The summed E-state index contributed by atoms with van der Waals surface area (Å²) >= 11 is 1.63. The van der Waals surface area contributed by atoms with Crippen molar-refractivity contribution in [2.24, 2.45) is 7.05 Å². The Kier molecular flexibility index (Phi) is 2.94. The number of thiazole rings is 1. The minimum absolute atomic E-state index is 0.232. The predicted molar refractivity (Wildman–Crippen MR) is 74.2 cm³/mol. The summed E-state index contributed by atoms with van der Waals surface area (Å²) in [4.78, 5) is 8.50. The molecule has 0 saturated carbocycles. The lowest BCUT2D eigenvalue weighted by Crippen LogP contribution is -2.22. The Bertz CT molecular complexity index is 647. The Hall–Kier alpha value is -1.96. The highest BCUT2D eigenvalue weighted by Crippen LogP contribution is 2.28. The quantitative estimate of drug-likeness (QED) is 0.781. The molecule has 0 fully saturated rings. The lowest BCUT2D eigenvalue weighted by atomic mass is 10.3. The van der Waals surface area contributed by atoms with Gasteiger partial charge in [-0.25, -0.2) is 14.6 Å². The van der Waals surface area contributed by atoms with Crippen LogP contribution >= 0.6 is 11.3 Å². The van der Waals surface area contributed by atoms with E-state index in [0.29, 0.717) is 0 Å². The molecule has 0 bridgehead atoms. The Morgan fingerprint density at radius 2 is 2.32 bits per heavy atom. The number of aromatic nitrogens is 6. The molecule has 3 aromatic rings. The van der Waals surface area contributed by atoms with E-state index < -0.39 is 0 Å². The molecule has 3 aromatic heterocycles. The average Bonchev–Trinajstić information content (AvgIpc) is 3.01. The van der Waals surface area contributed by atoms with Crippen LogP contribution in [0.3, 0.4) is 0 Å². The van der Waals surface area contributed by atoms with Gasteiger partial charge in [-0.05, 0) is 13.8 Å². The number of aryl methyl sites for hydroxylation is 2. The van der Waals surface area contributed by atoms with Gasteiger partial charge in [0.1, 0.15) is 12.7 Å². The fraction of sp³-hybridized carbons (Fsp3) is 0.455. The van der Waals surface area contributed by atoms with Crippen LogP contribution < -0.4 is 5.32 Å². The summed E-state index contributed by atoms with van der Waals surface area (Å²) in [5, 5.41) is 12.7. The van der Waals surface area contributed by atoms with E-state index in [-0.39, 0.29) is 6.04 Å². The highest BCUT2D eigenvalue weighted by Gasteiger charge is 2.13. The molecule has 0 radical (unpaired) electrons. The van der Waals surface area contributed by atoms with E-state index in [4.69, 9.17) is 0 Å². The largest absolute Gasteiger partial charge is 0.357 e. The number of hydrogen-bond acceptors (Lipinski definition) is 6. The maximum Gasteiger partial charge on any atom is 0.185 e. The third-order valence-corrected chi connectivity index (χ3v) is 3.93. The Balaban J connectivity index is 1.76. The smallest absolute Gasteiger partial charge is 0.185 e. The van der Waals surface area contributed by atoms with E-state index in [1.807, 2.05) is 18.7 Å². The van der Waals surface area contributed by atoms with E-state index in [1.54, 1.807) is 28.7 Å². The summed E-state index contributed by atoms with van der Waals surface area (Å²) in [6.07, 6.45) is 3.25. The topological polar surface area (TPSA) is 73.5 Å². The average molecular weight is 277 g/mol. The molecular formula is C11H15N7S. The zero-order valence-electron chi connectivity index (χ0n) is 11.0. The summed E-state index contributed by atoms with van der Waals surface area (Å²) in [7, 11) is 1.91. The second-order valence-corrected chi connectivity index (χ2v) is 5.54. The molecule has 1 atom stereocenters. The molecule has 0 aromatic carbocycles. The van der Waals surface area contributed by atoms with Crippen LogP contribution in [0.25, 0.3) is 10.3 Å². The van der Waals surface area contributed by atoms with E-state index in [0.717, 1.165) is 27.7 Å². The molecule has 3 heterocycles. The van der Waals surface area contributed by atoms with Gasteiger partial charge in [-0.2, -0.15) is 10.2 Å². The van der Waals surface area contributed by atoms with Gasteiger partial charge in [0.15, 0.2) is 10.8 Å². The summed E-state index contributed by atoms with van der Waals surface area (Å²) in [5.74, 6) is 0. The SMILES string of the molecule is Cc1nn(C)c2nc(N[C@@H](C)Cn3cncn3)sc12. The van der Waals surface area contributed by atoms with Gasteiger partial charge in [0.2, 0.25) is 0 Å². The van der Waals surface area contributed by atoms with E-state index in [9.17, 15) is 0 Å². The van der Waals surface area contributed by atoms with Crippen LogP contribution in [0, 0.1) is 6.92 Å². The highest BCUT2D eigenvalue weighted by molar-refractivity contribution is 7.22. The van der Waals surface area contributed by atoms with Crippen LogP contribution in [0.5, 0.6) is 0 Å². The van der Waals surface area contributed by atoms with E-state index >= 15 is 0 Å². The van der Waals surface area contributed by atoms with Crippen LogP contribution in [0.15, 0.2) is 12.7 Å². The molecule has 100 valence electrons. The number of nitrogens with one attached hydrogen (secondary N) is 1. The van der Waals surface area contributed by atoms with Crippen molar-refractivity contribution < 1.29 is 0 Å². The van der Waals surface area contributed by atoms with Gasteiger partial charge in [0.25, 0.3) is 0 Å². The molecule has 8 heteroatoms. The molecule has 0 aliphatic heterocycles. The fourth-order valence-corrected chi connectivity index (χ4v) is 3.05. The maximum absolute atomic E-state index is 4.56. The van der Waals surface area contributed by atoms with Crippen LogP contribution in [-0.4, -0.2) is 35.6 Å². The lowest BCUT2D eigenvalue weighted by molar-refractivity contribution is 0.559. The van der Waals surface area contributed by atoms with Crippen molar-refractivity contribution in [2.45, 2.75) is 26.4 Å². The number of nitrogens with zero attached hydrogens (tertiary/aromatic N) is 6. The Morgan fingerprint density at radius 1 is 1.47 bits per heavy atom. The third-order valence-electron chi connectivity index (χ3n) is 2.84. The molecule has 7 nitrogen and oxygen atoms in total. The van der Waals surface area contributed by atoms with Crippen molar-refractivity contribution in [3.8, 4) is 0 Å². The van der Waals surface area contributed by atoms with Gasteiger partial charge in [0.05, 0.1) is 16.9 Å². The van der Waals surface area contributed by atoms with Gasteiger partial charge in [-0.3, -0.25) is 4.68 Å². The first kappa shape index (κ1) is 12.1. The molecule has 0 unspecified atom stereocenters. The lowest BCUT2D eigenvalue weighted by Gasteiger charge is -2.11. The minimum atomic E-state index is 0.232. The molecule has 0 spiro atoms. The molecule has 3 rings (SSSR count). The number of fused-ring (bicyclic) bond motifs is 1. The van der Waals surface area contributed by atoms with E-state index in [1.165, 1.54) is 0 Å². The first-order chi connectivity index (χ1) is 9.13. The molecule has 0 aliphatic carbocycles. The first-order valence-electron chi connectivity index (χ1n) is 6.02. The van der Waals surface area contributed by atoms with Gasteiger partial charge < -0.3 is 5.32 Å². The zero-order valence-corrected chi connectivity index (χ0v) is 11.8. The number of rotatable bonds is 4. The fourth-order valence-electron chi connectivity index (χ4n) is 2.01. The molecular weight excluding hydrogens is 262 g/mol. The van der Waals surface area contributed by atoms with E-state index in [2.05, 4.69) is 32.4 Å². The van der Waals surface area contributed by atoms with Crippen molar-refractivity contribution in [3.63, 3.8) is 0 Å². The van der Waals surface area contributed by atoms with Crippen molar-refractivity contribution in [2.75, 3.05) is 5.32 Å². The second kappa shape index (κ2) is 4.61. The van der Waals surface area contributed by atoms with Crippen molar-refractivity contribution in [1.29, 1.82) is 0 Å². The highest BCUT2D eigenvalue weighted by atomic mass is 32.1. The monoisotopic (exact) mass is 277 g/mol. The van der Waals surface area contributed by atoms with Crippen molar-refractivity contribution in [3.05, 3.63) is 18.3 Å². The maximum atomic E-state index is 4.56. The number of hydrogen-bond donors (Lipinski definition) is 1. The summed E-state index contributed by atoms with van der Waals surface area (Å²) < 4.78 is 4.75. The first-order valence-corrected chi connectivity index (χ1v) is 6.84. The van der Waals surface area contributed by atoms with Gasteiger partial charge in [-0.15, -0.1) is 0 Å². The van der Waals surface area contributed by atoms with Crippen LogP contribution in [0.4, 0.5) is 5.13 Å². The van der Waals surface area contributed by atoms with Gasteiger partial charge >= 0.3 is 0 Å². The van der Waals surface area contributed by atoms with Crippen LogP contribution in [0.2, 0.25) is 0 Å². The van der Waals surface area contributed by atoms with Gasteiger partial charge in [0, 0.05) is 13.1 Å². The second-order valence-electron chi connectivity index (χ2n) is 4.54. The Morgan fingerprint density at radius 3 is 3.00 bits per heavy atom. The number of anilines is 1. The third kappa shape index (κ3) is 2.30. The predicted octanol–water partition coefficient (Wildman–Crippen LogP) is 1.43. The van der Waals surface area contributed by atoms with Crippen LogP contribution in [-0.2, 0) is 13.6 Å². The standard InChI is InChI=1S/C11H15N7S/c1-7(4-18-6-12-5-13-18)14-11-15-10-9(19-11)8(2)16-17(10)3/h5-7H,4H2,1-3H3,(H,14,15)/t7-/m0/s1. The minimum Gasteiger partial charge on any atom is -0.357 e. The normalized spacial score (nSPS) is 13.0. The summed E-state index contributed by atoms with van der Waals surface area (Å²) in [6.45, 7) is 4.86. The van der Waals surface area contributed by atoms with Crippen molar-refractivity contribution in [1.82, 2.24) is 29.5 Å². The molecule has 1 N–H and O–H groups in total. The van der Waals surface area contributed by atoms with Gasteiger partial charge in [-0.1, -0.05) is 11.3 Å².